The highest BCUT2D eigenvalue weighted by molar-refractivity contribution is 9.10. The molecule has 1 fully saturated rings. The van der Waals surface area contributed by atoms with E-state index in [1.807, 2.05) is 18.2 Å². The highest BCUT2D eigenvalue weighted by Gasteiger charge is 2.25. The molecule has 152 valence electrons. The van der Waals surface area contributed by atoms with Crippen molar-refractivity contribution in [2.24, 2.45) is 5.92 Å². The van der Waals surface area contributed by atoms with Crippen molar-refractivity contribution >= 4 is 43.5 Å². The van der Waals surface area contributed by atoms with Crippen LogP contribution in [-0.4, -0.2) is 24.7 Å². The largest absolute Gasteiger partial charge is 0.465 e. The lowest BCUT2D eigenvalue weighted by Gasteiger charge is -2.27. The summed E-state index contributed by atoms with van der Waals surface area (Å²) in [7, 11) is 1.40. The average Bonchev–Trinajstić information content (AvgIpc) is 3.16. The van der Waals surface area contributed by atoms with E-state index in [0.29, 0.717) is 24.0 Å². The summed E-state index contributed by atoms with van der Waals surface area (Å²) in [5.74, 6) is 0.784. The Morgan fingerprint density at radius 3 is 2.66 bits per heavy atom. The third-order valence-electron chi connectivity index (χ3n) is 5.56. The predicted octanol–water partition coefficient (Wildman–Crippen LogP) is 6.34. The van der Waals surface area contributed by atoms with Crippen LogP contribution in [0.15, 0.2) is 46.9 Å². The molecular formula is C23H24BrNO3S. The fraction of sp³-hybridized carbons (Fsp3) is 0.391. The molecule has 1 aliphatic rings. The second-order valence-corrected chi connectivity index (χ2v) is 9.48. The van der Waals surface area contributed by atoms with Crippen LogP contribution in [0.1, 0.15) is 52.5 Å². The van der Waals surface area contributed by atoms with Crippen LogP contribution in [0.3, 0.4) is 0 Å². The molecule has 1 aliphatic carbocycles. The molecule has 0 N–H and O–H groups in total. The minimum Gasteiger partial charge on any atom is -0.465 e. The maximum Gasteiger partial charge on any atom is 0.339 e. The number of hydrogen-bond acceptors (Lipinski definition) is 5. The normalized spacial score (nSPS) is 19.4. The number of nitrogens with zero attached hydrogens (tertiary/aromatic N) is 1. The van der Waals surface area contributed by atoms with Crippen LogP contribution < -0.4 is 0 Å². The molecule has 0 aliphatic heterocycles. The second-order valence-electron chi connectivity index (χ2n) is 7.56. The maximum absolute atomic E-state index is 11.9. The molecule has 4 nitrogen and oxygen atoms in total. The molecule has 0 amide bonds. The van der Waals surface area contributed by atoms with Gasteiger partial charge in [-0.2, -0.15) is 0 Å². The highest BCUT2D eigenvalue weighted by Crippen LogP contribution is 2.40. The van der Waals surface area contributed by atoms with Crippen molar-refractivity contribution in [1.29, 1.82) is 0 Å². The Hall–Kier alpha value is -1.76. The van der Waals surface area contributed by atoms with E-state index in [9.17, 15) is 4.79 Å². The maximum atomic E-state index is 11.9. The summed E-state index contributed by atoms with van der Waals surface area (Å²) < 4.78 is 12.7. The van der Waals surface area contributed by atoms with E-state index in [0.717, 1.165) is 34.1 Å². The molecule has 0 spiro atoms. The van der Waals surface area contributed by atoms with Gasteiger partial charge in [0.15, 0.2) is 0 Å². The van der Waals surface area contributed by atoms with E-state index in [1.54, 1.807) is 11.3 Å². The second kappa shape index (κ2) is 9.37. The van der Waals surface area contributed by atoms with Gasteiger partial charge in [0.1, 0.15) is 0 Å². The molecule has 3 aromatic rings. The molecule has 4 rings (SSSR count). The van der Waals surface area contributed by atoms with Crippen molar-refractivity contribution in [3.8, 4) is 0 Å². The van der Waals surface area contributed by atoms with Gasteiger partial charge in [-0.1, -0.05) is 30.3 Å². The number of rotatable bonds is 6. The minimum atomic E-state index is -0.343. The standard InChI is InChI=1S/C23H24BrNO3S/c1-27-23(26)18-11-20-21(12-19(18)24)29-22(25-20)17-9-7-16(8-10-17)14-28-13-15-5-3-2-4-6-15/h2-6,11-12,16-17H,7-10,13-14H2,1H3/t16-,17-. The summed E-state index contributed by atoms with van der Waals surface area (Å²) in [6.45, 7) is 1.52. The van der Waals surface area contributed by atoms with Gasteiger partial charge >= 0.3 is 5.97 Å². The van der Waals surface area contributed by atoms with Crippen LogP contribution in [0.25, 0.3) is 10.2 Å². The van der Waals surface area contributed by atoms with Gasteiger partial charge in [0.2, 0.25) is 0 Å². The molecule has 0 unspecified atom stereocenters. The lowest BCUT2D eigenvalue weighted by Crippen LogP contribution is -2.17. The van der Waals surface area contributed by atoms with Crippen LogP contribution in [0, 0.1) is 5.92 Å². The van der Waals surface area contributed by atoms with Crippen molar-refractivity contribution in [2.45, 2.75) is 38.2 Å². The minimum absolute atomic E-state index is 0.343. The van der Waals surface area contributed by atoms with E-state index in [2.05, 4.69) is 40.2 Å². The van der Waals surface area contributed by atoms with Gasteiger partial charge in [-0.25, -0.2) is 9.78 Å². The van der Waals surface area contributed by atoms with Crippen molar-refractivity contribution < 1.29 is 14.3 Å². The Morgan fingerprint density at radius 1 is 1.17 bits per heavy atom. The Labute approximate surface area is 183 Å². The van der Waals surface area contributed by atoms with Crippen molar-refractivity contribution in [2.75, 3.05) is 13.7 Å². The summed E-state index contributed by atoms with van der Waals surface area (Å²) in [5.41, 5.74) is 2.63. The van der Waals surface area contributed by atoms with Gasteiger partial charge in [-0.15, -0.1) is 11.3 Å². The predicted molar refractivity (Wildman–Crippen MR) is 119 cm³/mol. The number of methoxy groups -OCH3 is 1. The number of benzene rings is 2. The molecule has 29 heavy (non-hydrogen) atoms. The molecule has 1 aromatic heterocycles. The van der Waals surface area contributed by atoms with Gasteiger partial charge in [0.05, 0.1) is 34.5 Å². The van der Waals surface area contributed by atoms with E-state index in [1.165, 1.54) is 30.5 Å². The third-order valence-corrected chi connectivity index (χ3v) is 7.40. The zero-order valence-electron chi connectivity index (χ0n) is 16.4. The van der Waals surface area contributed by atoms with Gasteiger partial charge in [0.25, 0.3) is 0 Å². The molecule has 1 heterocycles. The topological polar surface area (TPSA) is 48.4 Å². The first kappa shape index (κ1) is 20.5. The van der Waals surface area contributed by atoms with Gasteiger partial charge in [0, 0.05) is 17.0 Å². The van der Waals surface area contributed by atoms with E-state index >= 15 is 0 Å². The molecule has 2 aromatic carbocycles. The summed E-state index contributed by atoms with van der Waals surface area (Å²) in [6, 6.07) is 14.1. The summed E-state index contributed by atoms with van der Waals surface area (Å²) >= 11 is 5.21. The van der Waals surface area contributed by atoms with E-state index in [4.69, 9.17) is 14.5 Å². The zero-order valence-corrected chi connectivity index (χ0v) is 18.8. The number of ether oxygens (including phenoxy) is 2. The Morgan fingerprint density at radius 2 is 1.93 bits per heavy atom. The Bertz CT molecular complexity index is 980. The summed E-state index contributed by atoms with van der Waals surface area (Å²) in [4.78, 5) is 16.8. The molecule has 0 atom stereocenters. The van der Waals surface area contributed by atoms with Crippen LogP contribution in [0.4, 0.5) is 0 Å². The molecule has 0 saturated heterocycles. The molecule has 6 heteroatoms. The number of thiazole rings is 1. The fourth-order valence-electron chi connectivity index (χ4n) is 3.90. The van der Waals surface area contributed by atoms with E-state index < -0.39 is 0 Å². The average molecular weight is 474 g/mol. The van der Waals surface area contributed by atoms with Gasteiger partial charge in [-0.05, 0) is 65.2 Å². The molecule has 1 saturated carbocycles. The van der Waals surface area contributed by atoms with Crippen LogP contribution in [0.5, 0.6) is 0 Å². The number of fused-ring (bicyclic) bond motifs is 1. The Kier molecular flexibility index (Phi) is 6.63. The number of halogens is 1. The first-order chi connectivity index (χ1) is 14.1. The van der Waals surface area contributed by atoms with Crippen molar-refractivity contribution in [3.05, 3.63) is 63.1 Å². The summed E-state index contributed by atoms with van der Waals surface area (Å²) in [6.07, 6.45) is 4.63. The van der Waals surface area contributed by atoms with E-state index in [-0.39, 0.29) is 5.97 Å². The quantitative estimate of drug-likeness (QED) is 0.392. The Balaban J connectivity index is 1.34. The number of carbonyl (C=O) groups is 1. The highest BCUT2D eigenvalue weighted by atomic mass is 79.9. The monoisotopic (exact) mass is 473 g/mol. The zero-order chi connectivity index (χ0) is 20.2. The van der Waals surface area contributed by atoms with Gasteiger partial charge < -0.3 is 9.47 Å². The lowest BCUT2D eigenvalue weighted by molar-refractivity contribution is 0.0600. The first-order valence-electron chi connectivity index (χ1n) is 9.94. The van der Waals surface area contributed by atoms with Crippen LogP contribution >= 0.6 is 27.3 Å². The summed E-state index contributed by atoms with van der Waals surface area (Å²) in [5, 5.41) is 1.18. The number of carbonyl (C=O) groups excluding carboxylic acids is 1. The fourth-order valence-corrected chi connectivity index (χ4v) is 5.72. The molecule has 0 radical (unpaired) electrons. The first-order valence-corrected chi connectivity index (χ1v) is 11.5. The molecule has 0 bridgehead atoms. The molecular weight excluding hydrogens is 450 g/mol. The van der Waals surface area contributed by atoms with Crippen molar-refractivity contribution in [1.82, 2.24) is 4.98 Å². The number of hydrogen-bond donors (Lipinski definition) is 0. The number of aromatic nitrogens is 1. The number of esters is 1. The van der Waals surface area contributed by atoms with Crippen LogP contribution in [-0.2, 0) is 16.1 Å². The SMILES string of the molecule is COC(=O)c1cc2nc([C@H]3CC[C@H](COCc4ccccc4)CC3)sc2cc1Br. The lowest BCUT2D eigenvalue weighted by atomic mass is 9.83. The third kappa shape index (κ3) is 4.87. The smallest absolute Gasteiger partial charge is 0.339 e. The van der Waals surface area contributed by atoms with Crippen LogP contribution in [0.2, 0.25) is 0 Å². The van der Waals surface area contributed by atoms with Crippen molar-refractivity contribution in [3.63, 3.8) is 0 Å². The van der Waals surface area contributed by atoms with Gasteiger partial charge in [-0.3, -0.25) is 0 Å².